The molecule has 2 saturated heterocycles. The summed E-state index contributed by atoms with van der Waals surface area (Å²) >= 11 is 0. The van der Waals surface area contributed by atoms with E-state index in [1.807, 2.05) is 0 Å². The summed E-state index contributed by atoms with van der Waals surface area (Å²) in [5.41, 5.74) is -0.442. The van der Waals surface area contributed by atoms with Crippen LogP contribution in [0.25, 0.3) is 0 Å². The van der Waals surface area contributed by atoms with Gasteiger partial charge in [0.25, 0.3) is 0 Å². The third-order valence-electron chi connectivity index (χ3n) is 5.77. The molecule has 2 atom stereocenters. The zero-order chi connectivity index (χ0) is 13.5. The molecule has 4 heteroatoms. The second kappa shape index (κ2) is 5.06. The summed E-state index contributed by atoms with van der Waals surface area (Å²) in [5.74, 6) is -0.562. The maximum absolute atomic E-state index is 11.7. The fourth-order valence-electron chi connectivity index (χ4n) is 4.44. The second-order valence-corrected chi connectivity index (χ2v) is 6.87. The molecule has 1 saturated carbocycles. The van der Waals surface area contributed by atoms with Gasteiger partial charge in [0.15, 0.2) is 0 Å². The minimum atomic E-state index is -0.562. The molecule has 0 spiro atoms. The van der Waals surface area contributed by atoms with Gasteiger partial charge in [0.1, 0.15) is 0 Å². The minimum absolute atomic E-state index is 0.442. The lowest BCUT2D eigenvalue weighted by molar-refractivity contribution is -0.150. The maximum atomic E-state index is 11.7. The van der Waals surface area contributed by atoms with E-state index in [4.69, 9.17) is 0 Å². The molecule has 3 rings (SSSR count). The van der Waals surface area contributed by atoms with Crippen LogP contribution in [0.4, 0.5) is 0 Å². The zero-order valence-corrected chi connectivity index (χ0v) is 12.0. The molecule has 108 valence electrons. The fraction of sp³-hybridized carbons (Fsp3) is 0.933. The lowest BCUT2D eigenvalue weighted by atomic mass is 9.85. The van der Waals surface area contributed by atoms with E-state index in [0.29, 0.717) is 6.04 Å². The van der Waals surface area contributed by atoms with Gasteiger partial charge >= 0.3 is 5.97 Å². The van der Waals surface area contributed by atoms with Crippen LogP contribution in [0.5, 0.6) is 0 Å². The highest BCUT2D eigenvalue weighted by Gasteiger charge is 2.44. The van der Waals surface area contributed by atoms with E-state index in [0.717, 1.165) is 51.4 Å². The quantitative estimate of drug-likeness (QED) is 0.846. The summed E-state index contributed by atoms with van der Waals surface area (Å²) in [6, 6.07) is 1.39. The molecule has 1 aliphatic carbocycles. The number of fused-ring (bicyclic) bond motifs is 2. The predicted molar refractivity (Wildman–Crippen MR) is 74.2 cm³/mol. The Balaban J connectivity index is 1.68. The van der Waals surface area contributed by atoms with E-state index in [2.05, 4.69) is 16.8 Å². The van der Waals surface area contributed by atoms with E-state index in [1.165, 1.54) is 19.3 Å². The molecule has 2 bridgehead atoms. The van der Waals surface area contributed by atoms with Crippen molar-refractivity contribution >= 4 is 5.97 Å². The van der Waals surface area contributed by atoms with Crippen molar-refractivity contribution in [3.63, 3.8) is 0 Å². The topological polar surface area (TPSA) is 43.8 Å². The average Bonchev–Trinajstić information content (AvgIpc) is 2.91. The molecule has 0 amide bonds. The van der Waals surface area contributed by atoms with Crippen molar-refractivity contribution in [2.45, 2.75) is 57.0 Å². The normalized spacial score (nSPS) is 35.4. The molecule has 3 aliphatic rings. The summed E-state index contributed by atoms with van der Waals surface area (Å²) in [6.07, 6.45) is 7.77. The first kappa shape index (κ1) is 13.4. The molecule has 2 heterocycles. The number of likely N-dealkylation sites (N-methyl/N-ethyl adjacent to an activating group) is 1. The molecule has 0 aromatic heterocycles. The van der Waals surface area contributed by atoms with Gasteiger partial charge in [-0.15, -0.1) is 0 Å². The van der Waals surface area contributed by atoms with Crippen LogP contribution >= 0.6 is 0 Å². The van der Waals surface area contributed by atoms with Gasteiger partial charge in [0, 0.05) is 25.2 Å². The van der Waals surface area contributed by atoms with Gasteiger partial charge < -0.3 is 10.0 Å². The lowest BCUT2D eigenvalue weighted by Crippen LogP contribution is -2.45. The molecule has 0 aromatic rings. The molecule has 0 radical (unpaired) electrons. The smallest absolute Gasteiger partial charge is 0.310 e. The molecule has 2 aliphatic heterocycles. The highest BCUT2D eigenvalue weighted by molar-refractivity contribution is 5.75. The van der Waals surface area contributed by atoms with Crippen molar-refractivity contribution in [1.82, 2.24) is 9.80 Å². The van der Waals surface area contributed by atoms with Crippen molar-refractivity contribution < 1.29 is 9.90 Å². The summed E-state index contributed by atoms with van der Waals surface area (Å²) in [6.45, 7) is 2.93. The van der Waals surface area contributed by atoms with E-state index < -0.39 is 11.4 Å². The van der Waals surface area contributed by atoms with E-state index in [-0.39, 0.29) is 0 Å². The SMILES string of the molecule is CN1C2CCC1CN(CC1(C(=O)O)CCCC1)CC2. The van der Waals surface area contributed by atoms with Crippen LogP contribution in [-0.2, 0) is 4.79 Å². The van der Waals surface area contributed by atoms with E-state index in [9.17, 15) is 9.90 Å². The van der Waals surface area contributed by atoms with Crippen molar-refractivity contribution in [3.05, 3.63) is 0 Å². The molecule has 3 fully saturated rings. The van der Waals surface area contributed by atoms with Crippen molar-refractivity contribution in [2.24, 2.45) is 5.41 Å². The molecule has 2 unspecified atom stereocenters. The van der Waals surface area contributed by atoms with Crippen LogP contribution in [0.1, 0.15) is 44.9 Å². The summed E-state index contributed by atoms with van der Waals surface area (Å²) in [4.78, 5) is 16.6. The Labute approximate surface area is 115 Å². The Bertz CT molecular complexity index is 352. The number of hydrogen-bond acceptors (Lipinski definition) is 3. The average molecular weight is 266 g/mol. The van der Waals surface area contributed by atoms with Gasteiger partial charge in [-0.2, -0.15) is 0 Å². The third kappa shape index (κ3) is 2.40. The Morgan fingerprint density at radius 1 is 1.21 bits per heavy atom. The second-order valence-electron chi connectivity index (χ2n) is 6.87. The molecule has 4 nitrogen and oxygen atoms in total. The zero-order valence-electron chi connectivity index (χ0n) is 12.0. The number of rotatable bonds is 3. The molecular formula is C15H26N2O2. The number of carboxylic acids is 1. The number of nitrogens with zero attached hydrogens (tertiary/aromatic N) is 2. The summed E-state index contributed by atoms with van der Waals surface area (Å²) in [5, 5.41) is 9.61. The largest absolute Gasteiger partial charge is 0.481 e. The highest BCUT2D eigenvalue weighted by atomic mass is 16.4. The fourth-order valence-corrected chi connectivity index (χ4v) is 4.44. The standard InChI is InChI=1S/C15H26N2O2/c1-16-12-4-5-13(16)10-17(9-6-12)11-15(14(18)19)7-2-3-8-15/h12-13H,2-11H2,1H3,(H,18,19). The van der Waals surface area contributed by atoms with Crippen molar-refractivity contribution in [1.29, 1.82) is 0 Å². The number of carbonyl (C=O) groups is 1. The van der Waals surface area contributed by atoms with Crippen molar-refractivity contribution in [3.8, 4) is 0 Å². The monoisotopic (exact) mass is 266 g/mol. The van der Waals surface area contributed by atoms with Crippen LogP contribution in [0.2, 0.25) is 0 Å². The van der Waals surface area contributed by atoms with Gasteiger partial charge in [-0.3, -0.25) is 9.69 Å². The van der Waals surface area contributed by atoms with Crippen LogP contribution < -0.4 is 0 Å². The third-order valence-corrected chi connectivity index (χ3v) is 5.77. The van der Waals surface area contributed by atoms with E-state index >= 15 is 0 Å². The first-order valence-electron chi connectivity index (χ1n) is 7.78. The number of hydrogen-bond donors (Lipinski definition) is 1. The first-order valence-corrected chi connectivity index (χ1v) is 7.78. The number of likely N-dealkylation sites (tertiary alicyclic amines) is 1. The Kier molecular flexibility index (Phi) is 3.56. The Morgan fingerprint density at radius 2 is 1.89 bits per heavy atom. The number of carboxylic acid groups (broad SMARTS) is 1. The first-order chi connectivity index (χ1) is 9.11. The van der Waals surface area contributed by atoms with Crippen LogP contribution in [-0.4, -0.2) is 59.6 Å². The maximum Gasteiger partial charge on any atom is 0.310 e. The molecule has 19 heavy (non-hydrogen) atoms. The van der Waals surface area contributed by atoms with Gasteiger partial charge in [0.05, 0.1) is 5.41 Å². The lowest BCUT2D eigenvalue weighted by Gasteiger charge is -2.33. The van der Waals surface area contributed by atoms with Crippen molar-refractivity contribution in [2.75, 3.05) is 26.7 Å². The van der Waals surface area contributed by atoms with Gasteiger partial charge in [-0.05, 0) is 45.7 Å². The summed E-state index contributed by atoms with van der Waals surface area (Å²) in [7, 11) is 2.24. The van der Waals surface area contributed by atoms with E-state index in [1.54, 1.807) is 0 Å². The molecular weight excluding hydrogens is 240 g/mol. The van der Waals surface area contributed by atoms with Crippen LogP contribution in [0, 0.1) is 5.41 Å². The summed E-state index contributed by atoms with van der Waals surface area (Å²) < 4.78 is 0. The Hall–Kier alpha value is -0.610. The van der Waals surface area contributed by atoms with Gasteiger partial charge in [-0.25, -0.2) is 0 Å². The number of aliphatic carboxylic acids is 1. The highest BCUT2D eigenvalue weighted by Crippen LogP contribution is 2.40. The van der Waals surface area contributed by atoms with Crippen LogP contribution in [0.15, 0.2) is 0 Å². The van der Waals surface area contributed by atoms with Gasteiger partial charge in [-0.1, -0.05) is 12.8 Å². The molecule has 1 N–H and O–H groups in total. The predicted octanol–water partition coefficient (Wildman–Crippen LogP) is 1.80. The van der Waals surface area contributed by atoms with Crippen LogP contribution in [0.3, 0.4) is 0 Å². The minimum Gasteiger partial charge on any atom is -0.481 e. The Morgan fingerprint density at radius 3 is 2.58 bits per heavy atom. The van der Waals surface area contributed by atoms with Gasteiger partial charge in [0.2, 0.25) is 0 Å². The molecule has 0 aromatic carbocycles.